The average molecular weight is 263 g/mol. The van der Waals surface area contributed by atoms with E-state index in [4.69, 9.17) is 5.73 Å². The molecule has 0 heterocycles. The Labute approximate surface area is 111 Å². The van der Waals surface area contributed by atoms with Crippen molar-refractivity contribution in [3.63, 3.8) is 0 Å². The molecule has 2 rings (SSSR count). The third-order valence-electron chi connectivity index (χ3n) is 3.58. The molecule has 0 aromatic heterocycles. The molecule has 102 valence electrons. The topological polar surface area (TPSA) is 98.3 Å². The maximum Gasteiger partial charge on any atom is 0.274 e. The molecule has 0 radical (unpaired) electrons. The highest BCUT2D eigenvalue weighted by Crippen LogP contribution is 2.27. The average Bonchev–Trinajstić information content (AvgIpc) is 2.77. The number of nitro benzene ring substituents is 1. The van der Waals surface area contributed by atoms with Crippen molar-refractivity contribution in [3.05, 3.63) is 33.9 Å². The van der Waals surface area contributed by atoms with Crippen molar-refractivity contribution in [2.45, 2.75) is 32.2 Å². The highest BCUT2D eigenvalue weighted by Gasteiger charge is 2.30. The summed E-state index contributed by atoms with van der Waals surface area (Å²) in [5.41, 5.74) is 6.89. The van der Waals surface area contributed by atoms with E-state index >= 15 is 0 Å². The van der Waals surface area contributed by atoms with Crippen LogP contribution in [0.1, 0.15) is 24.8 Å². The van der Waals surface area contributed by atoms with Crippen molar-refractivity contribution in [1.82, 2.24) is 0 Å². The quantitative estimate of drug-likeness (QED) is 0.643. The van der Waals surface area contributed by atoms with Crippen molar-refractivity contribution in [1.29, 1.82) is 0 Å². The molecule has 6 nitrogen and oxygen atoms in total. The van der Waals surface area contributed by atoms with Gasteiger partial charge in [-0.3, -0.25) is 14.9 Å². The van der Waals surface area contributed by atoms with Crippen LogP contribution in [0.25, 0.3) is 0 Å². The summed E-state index contributed by atoms with van der Waals surface area (Å²) in [5.74, 6) is -0.344. The molecule has 2 unspecified atom stereocenters. The highest BCUT2D eigenvalue weighted by atomic mass is 16.6. The predicted octanol–water partition coefficient (Wildman–Crippen LogP) is 1.97. The number of amides is 1. The van der Waals surface area contributed by atoms with Crippen LogP contribution >= 0.6 is 0 Å². The Bertz CT molecular complexity index is 516. The number of nitrogens with one attached hydrogen (secondary N) is 1. The number of nitrogens with zero attached hydrogens (tertiary/aromatic N) is 1. The normalized spacial score (nSPS) is 22.2. The monoisotopic (exact) mass is 263 g/mol. The second-order valence-corrected chi connectivity index (χ2v) is 4.95. The number of nitrogens with two attached hydrogens (primary N) is 1. The number of carbonyl (C=O) groups excluding carboxylic acids is 1. The van der Waals surface area contributed by atoms with Crippen molar-refractivity contribution in [2.75, 3.05) is 5.32 Å². The molecule has 0 spiro atoms. The van der Waals surface area contributed by atoms with Crippen LogP contribution in [-0.4, -0.2) is 16.9 Å². The first-order chi connectivity index (χ1) is 8.99. The standard InChI is InChI=1S/C13H17N3O3/c1-8-5-6-9(7-12(8)16(18)19)15-13(17)10-3-2-4-11(10)14/h5-7,10-11H,2-4,14H2,1H3,(H,15,17). The van der Waals surface area contributed by atoms with E-state index in [0.717, 1.165) is 19.3 Å². The lowest BCUT2D eigenvalue weighted by Crippen LogP contribution is -2.34. The van der Waals surface area contributed by atoms with E-state index in [0.29, 0.717) is 11.3 Å². The zero-order chi connectivity index (χ0) is 14.0. The zero-order valence-corrected chi connectivity index (χ0v) is 10.8. The smallest absolute Gasteiger partial charge is 0.274 e. The number of rotatable bonds is 3. The molecule has 0 bridgehead atoms. The summed E-state index contributed by atoms with van der Waals surface area (Å²) in [6.07, 6.45) is 2.58. The van der Waals surface area contributed by atoms with Crippen LogP contribution in [0.15, 0.2) is 18.2 Å². The van der Waals surface area contributed by atoms with E-state index in [1.54, 1.807) is 19.1 Å². The summed E-state index contributed by atoms with van der Waals surface area (Å²) in [4.78, 5) is 22.4. The Hall–Kier alpha value is -1.95. The van der Waals surface area contributed by atoms with E-state index in [-0.39, 0.29) is 23.6 Å². The van der Waals surface area contributed by atoms with Gasteiger partial charge in [-0.25, -0.2) is 0 Å². The molecule has 6 heteroatoms. The van der Waals surface area contributed by atoms with Crippen LogP contribution in [0.4, 0.5) is 11.4 Å². The minimum Gasteiger partial charge on any atom is -0.327 e. The van der Waals surface area contributed by atoms with Gasteiger partial charge in [-0.1, -0.05) is 12.5 Å². The molecule has 1 aliphatic rings. The predicted molar refractivity (Wildman–Crippen MR) is 71.8 cm³/mol. The zero-order valence-electron chi connectivity index (χ0n) is 10.8. The first kappa shape index (κ1) is 13.5. The number of anilines is 1. The van der Waals surface area contributed by atoms with Gasteiger partial charge in [0.05, 0.1) is 10.8 Å². The number of hydrogen-bond acceptors (Lipinski definition) is 4. The maximum absolute atomic E-state index is 12.0. The van der Waals surface area contributed by atoms with Crippen LogP contribution in [0.5, 0.6) is 0 Å². The van der Waals surface area contributed by atoms with Crippen LogP contribution in [0, 0.1) is 23.0 Å². The van der Waals surface area contributed by atoms with Crippen LogP contribution in [0.2, 0.25) is 0 Å². The largest absolute Gasteiger partial charge is 0.327 e. The molecular formula is C13H17N3O3. The first-order valence-corrected chi connectivity index (χ1v) is 6.30. The van der Waals surface area contributed by atoms with Crippen LogP contribution < -0.4 is 11.1 Å². The van der Waals surface area contributed by atoms with E-state index < -0.39 is 4.92 Å². The van der Waals surface area contributed by atoms with Gasteiger partial charge in [-0.15, -0.1) is 0 Å². The Morgan fingerprint density at radius 2 is 2.21 bits per heavy atom. The number of aryl methyl sites for hydroxylation is 1. The van der Waals surface area contributed by atoms with Gasteiger partial charge in [0.25, 0.3) is 5.69 Å². The number of benzene rings is 1. The molecule has 1 aromatic rings. The molecule has 1 amide bonds. The third kappa shape index (κ3) is 2.90. The summed E-state index contributed by atoms with van der Waals surface area (Å²) >= 11 is 0. The fourth-order valence-electron chi connectivity index (χ4n) is 2.43. The van der Waals surface area contributed by atoms with Crippen molar-refractivity contribution in [3.8, 4) is 0 Å². The summed E-state index contributed by atoms with van der Waals surface area (Å²) < 4.78 is 0. The lowest BCUT2D eigenvalue weighted by atomic mass is 10.0. The lowest BCUT2D eigenvalue weighted by molar-refractivity contribution is -0.385. The van der Waals surface area contributed by atoms with Gasteiger partial charge in [0.15, 0.2) is 0 Å². The fourth-order valence-corrected chi connectivity index (χ4v) is 2.43. The molecule has 0 saturated heterocycles. The highest BCUT2D eigenvalue weighted by molar-refractivity contribution is 5.93. The van der Waals surface area contributed by atoms with Gasteiger partial charge in [-0.05, 0) is 25.8 Å². The van der Waals surface area contributed by atoms with Crippen LogP contribution in [-0.2, 0) is 4.79 Å². The first-order valence-electron chi connectivity index (χ1n) is 6.30. The second-order valence-electron chi connectivity index (χ2n) is 4.95. The minimum atomic E-state index is -0.452. The Morgan fingerprint density at radius 1 is 1.47 bits per heavy atom. The number of hydrogen-bond donors (Lipinski definition) is 2. The SMILES string of the molecule is Cc1ccc(NC(=O)C2CCCC2N)cc1[N+](=O)[O-]. The molecule has 19 heavy (non-hydrogen) atoms. The van der Waals surface area contributed by atoms with E-state index in [1.165, 1.54) is 6.07 Å². The molecule has 3 N–H and O–H groups in total. The summed E-state index contributed by atoms with van der Waals surface area (Å²) in [5, 5.41) is 13.6. The lowest BCUT2D eigenvalue weighted by Gasteiger charge is -2.15. The molecule has 1 fully saturated rings. The van der Waals surface area contributed by atoms with Gasteiger partial charge in [0.1, 0.15) is 0 Å². The van der Waals surface area contributed by atoms with Crippen molar-refractivity contribution < 1.29 is 9.72 Å². The van der Waals surface area contributed by atoms with Gasteiger partial charge in [0, 0.05) is 23.4 Å². The van der Waals surface area contributed by atoms with Gasteiger partial charge < -0.3 is 11.1 Å². The Balaban J connectivity index is 2.13. The molecule has 2 atom stereocenters. The molecule has 1 aliphatic carbocycles. The van der Waals surface area contributed by atoms with E-state index in [2.05, 4.69) is 5.32 Å². The second kappa shape index (κ2) is 5.36. The maximum atomic E-state index is 12.0. The number of nitro groups is 1. The summed E-state index contributed by atoms with van der Waals surface area (Å²) in [6.45, 7) is 1.66. The van der Waals surface area contributed by atoms with Crippen LogP contribution in [0.3, 0.4) is 0 Å². The summed E-state index contributed by atoms with van der Waals surface area (Å²) in [7, 11) is 0. The van der Waals surface area contributed by atoms with E-state index in [1.807, 2.05) is 0 Å². The molecule has 0 aliphatic heterocycles. The fraction of sp³-hybridized carbons (Fsp3) is 0.462. The Morgan fingerprint density at radius 3 is 2.79 bits per heavy atom. The minimum absolute atomic E-state index is 0.00789. The molecular weight excluding hydrogens is 246 g/mol. The molecule has 1 saturated carbocycles. The molecule has 1 aromatic carbocycles. The van der Waals surface area contributed by atoms with Crippen molar-refractivity contribution in [2.24, 2.45) is 11.7 Å². The van der Waals surface area contributed by atoms with E-state index in [9.17, 15) is 14.9 Å². The third-order valence-corrected chi connectivity index (χ3v) is 3.58. The Kier molecular flexibility index (Phi) is 3.80. The number of carbonyl (C=O) groups is 1. The van der Waals surface area contributed by atoms with Gasteiger partial charge >= 0.3 is 0 Å². The van der Waals surface area contributed by atoms with Gasteiger partial charge in [-0.2, -0.15) is 0 Å². The summed E-state index contributed by atoms with van der Waals surface area (Å²) in [6, 6.07) is 4.57. The van der Waals surface area contributed by atoms with Gasteiger partial charge in [0.2, 0.25) is 5.91 Å². The van der Waals surface area contributed by atoms with Crippen molar-refractivity contribution >= 4 is 17.3 Å².